The van der Waals surface area contributed by atoms with Gasteiger partial charge < -0.3 is 4.84 Å². The fraction of sp³-hybridized carbons (Fsp3) is 1.00. The highest BCUT2D eigenvalue weighted by molar-refractivity contribution is 5.05. The molecule has 0 aromatic rings. The van der Waals surface area contributed by atoms with E-state index in [1.54, 1.807) is 0 Å². The van der Waals surface area contributed by atoms with Crippen molar-refractivity contribution in [1.29, 1.82) is 0 Å². The summed E-state index contributed by atoms with van der Waals surface area (Å²) >= 11 is 0. The van der Waals surface area contributed by atoms with Crippen molar-refractivity contribution >= 4 is 0 Å². The monoisotopic (exact) mass is 177 g/mol. The van der Waals surface area contributed by atoms with E-state index in [1.165, 1.54) is 0 Å². The number of rotatable bonds is 3. The Labute approximate surface area is 70.0 Å². The van der Waals surface area contributed by atoms with Crippen LogP contribution in [0, 0.1) is 11.3 Å². The fourth-order valence-corrected chi connectivity index (χ4v) is 2.09. The molecule has 4 heteroatoms. The van der Waals surface area contributed by atoms with Gasteiger partial charge in [-0.3, -0.25) is 0 Å². The molecule has 0 amide bonds. The average Bonchev–Trinajstić information content (AvgIpc) is 2.65. The molecule has 2 aliphatic rings. The summed E-state index contributed by atoms with van der Waals surface area (Å²) in [6, 6.07) is 0. The minimum absolute atomic E-state index is 0.0242. The van der Waals surface area contributed by atoms with E-state index in [9.17, 15) is 8.78 Å². The first-order valence-corrected chi connectivity index (χ1v) is 4.28. The molecule has 0 spiro atoms. The third-order valence-electron chi connectivity index (χ3n) is 3.22. The standard InChI is InChI=1S/C8H13F2NO/c9-8(10)3-6(4-8)7(1-2-7)5-12-11/h6H,1-5,11H2. The van der Waals surface area contributed by atoms with Crippen molar-refractivity contribution in [2.45, 2.75) is 31.6 Å². The molecule has 0 unspecified atom stereocenters. The van der Waals surface area contributed by atoms with Crippen LogP contribution in [0.25, 0.3) is 0 Å². The Morgan fingerprint density at radius 1 is 1.33 bits per heavy atom. The van der Waals surface area contributed by atoms with Crippen LogP contribution in [0.1, 0.15) is 25.7 Å². The van der Waals surface area contributed by atoms with Gasteiger partial charge in [-0.1, -0.05) is 0 Å². The van der Waals surface area contributed by atoms with Crippen LogP contribution < -0.4 is 5.90 Å². The molecule has 12 heavy (non-hydrogen) atoms. The number of alkyl halides is 2. The largest absolute Gasteiger partial charge is 0.304 e. The molecular formula is C8H13F2NO. The normalized spacial score (nSPS) is 31.2. The van der Waals surface area contributed by atoms with Crippen molar-refractivity contribution in [3.8, 4) is 0 Å². The lowest BCUT2D eigenvalue weighted by atomic mass is 9.71. The Morgan fingerprint density at radius 3 is 2.25 bits per heavy atom. The van der Waals surface area contributed by atoms with Crippen LogP contribution in [0.2, 0.25) is 0 Å². The van der Waals surface area contributed by atoms with Crippen molar-refractivity contribution in [2.24, 2.45) is 17.2 Å². The lowest BCUT2D eigenvalue weighted by Gasteiger charge is -2.40. The summed E-state index contributed by atoms with van der Waals surface area (Å²) in [6.45, 7) is 0.452. The highest BCUT2D eigenvalue weighted by Crippen LogP contribution is 2.62. The van der Waals surface area contributed by atoms with Crippen LogP contribution in [0.5, 0.6) is 0 Å². The molecule has 0 atom stereocenters. The zero-order valence-electron chi connectivity index (χ0n) is 6.85. The van der Waals surface area contributed by atoms with Crippen LogP contribution in [0.3, 0.4) is 0 Å². The van der Waals surface area contributed by atoms with E-state index in [-0.39, 0.29) is 24.2 Å². The van der Waals surface area contributed by atoms with E-state index in [0.29, 0.717) is 6.61 Å². The van der Waals surface area contributed by atoms with E-state index < -0.39 is 5.92 Å². The summed E-state index contributed by atoms with van der Waals surface area (Å²) in [7, 11) is 0. The van der Waals surface area contributed by atoms with E-state index in [4.69, 9.17) is 5.90 Å². The first kappa shape index (κ1) is 8.38. The molecule has 0 heterocycles. The molecule has 2 saturated carbocycles. The maximum Gasteiger partial charge on any atom is 0.248 e. The second-order valence-corrected chi connectivity index (χ2v) is 4.13. The Morgan fingerprint density at radius 2 is 1.92 bits per heavy atom. The van der Waals surface area contributed by atoms with Gasteiger partial charge >= 0.3 is 0 Å². The van der Waals surface area contributed by atoms with Gasteiger partial charge in [0.2, 0.25) is 5.92 Å². The van der Waals surface area contributed by atoms with Crippen molar-refractivity contribution in [3.05, 3.63) is 0 Å². The van der Waals surface area contributed by atoms with Crippen LogP contribution in [0.15, 0.2) is 0 Å². The van der Waals surface area contributed by atoms with Crippen LogP contribution in [-0.2, 0) is 4.84 Å². The molecule has 0 saturated heterocycles. The second-order valence-electron chi connectivity index (χ2n) is 4.13. The summed E-state index contributed by atoms with van der Waals surface area (Å²) in [5, 5.41) is 0. The molecule has 0 aromatic carbocycles. The third kappa shape index (κ3) is 1.23. The Hall–Kier alpha value is -0.220. The van der Waals surface area contributed by atoms with Gasteiger partial charge in [0.05, 0.1) is 6.61 Å². The van der Waals surface area contributed by atoms with E-state index in [1.807, 2.05) is 0 Å². The van der Waals surface area contributed by atoms with E-state index in [2.05, 4.69) is 4.84 Å². The summed E-state index contributed by atoms with van der Waals surface area (Å²) in [5.41, 5.74) is 0.0242. The van der Waals surface area contributed by atoms with Gasteiger partial charge in [0.1, 0.15) is 0 Å². The van der Waals surface area contributed by atoms with Crippen molar-refractivity contribution < 1.29 is 13.6 Å². The van der Waals surface area contributed by atoms with Gasteiger partial charge in [-0.05, 0) is 24.2 Å². The maximum absolute atomic E-state index is 12.5. The lowest BCUT2D eigenvalue weighted by molar-refractivity contribution is -0.139. The van der Waals surface area contributed by atoms with Gasteiger partial charge in [-0.25, -0.2) is 14.7 Å². The van der Waals surface area contributed by atoms with Gasteiger partial charge in [-0.15, -0.1) is 0 Å². The molecular weight excluding hydrogens is 164 g/mol. The highest BCUT2D eigenvalue weighted by atomic mass is 19.3. The topological polar surface area (TPSA) is 35.2 Å². The molecule has 70 valence electrons. The second kappa shape index (κ2) is 2.39. The first-order chi connectivity index (χ1) is 5.58. The number of hydrogen-bond donors (Lipinski definition) is 1. The van der Waals surface area contributed by atoms with Gasteiger partial charge in [0.25, 0.3) is 0 Å². The summed E-state index contributed by atoms with van der Waals surface area (Å²) in [4.78, 5) is 4.55. The zero-order valence-corrected chi connectivity index (χ0v) is 6.85. The smallest absolute Gasteiger partial charge is 0.248 e. The summed E-state index contributed by atoms with van der Waals surface area (Å²) in [6.07, 6.45) is 2.09. The minimum atomic E-state index is -2.41. The van der Waals surface area contributed by atoms with Gasteiger partial charge in [0.15, 0.2) is 0 Å². The van der Waals surface area contributed by atoms with Gasteiger partial charge in [-0.2, -0.15) is 0 Å². The van der Waals surface area contributed by atoms with Crippen LogP contribution >= 0.6 is 0 Å². The molecule has 0 radical (unpaired) electrons. The number of hydrogen-bond acceptors (Lipinski definition) is 2. The third-order valence-corrected chi connectivity index (χ3v) is 3.22. The number of halogens is 2. The summed E-state index contributed by atoms with van der Waals surface area (Å²) in [5.74, 6) is 2.69. The summed E-state index contributed by atoms with van der Waals surface area (Å²) < 4.78 is 25.0. The van der Waals surface area contributed by atoms with Crippen LogP contribution in [0.4, 0.5) is 8.78 Å². The molecule has 0 bridgehead atoms. The molecule has 2 rings (SSSR count). The molecule has 2 nitrogen and oxygen atoms in total. The molecule has 2 N–H and O–H groups in total. The predicted octanol–water partition coefficient (Wildman–Crippen LogP) is 1.70. The molecule has 0 aliphatic heterocycles. The van der Waals surface area contributed by atoms with Crippen molar-refractivity contribution in [2.75, 3.05) is 6.61 Å². The van der Waals surface area contributed by atoms with Crippen LogP contribution in [-0.4, -0.2) is 12.5 Å². The average molecular weight is 177 g/mol. The van der Waals surface area contributed by atoms with Gasteiger partial charge in [0, 0.05) is 12.8 Å². The Kier molecular flexibility index (Phi) is 1.67. The Balaban J connectivity index is 1.87. The van der Waals surface area contributed by atoms with E-state index in [0.717, 1.165) is 12.8 Å². The van der Waals surface area contributed by atoms with Crippen molar-refractivity contribution in [3.63, 3.8) is 0 Å². The predicted molar refractivity (Wildman–Crippen MR) is 39.5 cm³/mol. The minimum Gasteiger partial charge on any atom is -0.304 e. The first-order valence-electron chi connectivity index (χ1n) is 4.28. The number of nitrogens with two attached hydrogens (primary N) is 1. The lowest BCUT2D eigenvalue weighted by Crippen LogP contribution is -2.42. The SMILES string of the molecule is NOCC1(C2CC(F)(F)C2)CC1. The molecule has 0 aromatic heterocycles. The quantitative estimate of drug-likeness (QED) is 0.666. The maximum atomic E-state index is 12.5. The Bertz CT molecular complexity index is 183. The molecule has 2 aliphatic carbocycles. The highest BCUT2D eigenvalue weighted by Gasteiger charge is 2.59. The molecule has 2 fully saturated rings. The zero-order chi connectivity index (χ0) is 8.82. The fourth-order valence-electron chi connectivity index (χ4n) is 2.09. The van der Waals surface area contributed by atoms with E-state index >= 15 is 0 Å². The van der Waals surface area contributed by atoms with Crippen molar-refractivity contribution in [1.82, 2.24) is 0 Å².